The Morgan fingerprint density at radius 3 is 2.56 bits per heavy atom. The van der Waals surface area contributed by atoms with Crippen molar-refractivity contribution >= 4 is 17.4 Å². The van der Waals surface area contributed by atoms with E-state index >= 15 is 0 Å². The van der Waals surface area contributed by atoms with E-state index in [-0.39, 0.29) is 0 Å². The van der Waals surface area contributed by atoms with Gasteiger partial charge in [0.25, 0.3) is 0 Å². The second-order valence-corrected chi connectivity index (χ2v) is 5.80. The summed E-state index contributed by atoms with van der Waals surface area (Å²) in [7, 11) is 0. The first kappa shape index (κ1) is 11.7. The van der Waals surface area contributed by atoms with Crippen molar-refractivity contribution in [3.63, 3.8) is 0 Å². The summed E-state index contributed by atoms with van der Waals surface area (Å²) < 4.78 is 0. The summed E-state index contributed by atoms with van der Waals surface area (Å²) in [5.74, 6) is 2.56. The number of aromatic nitrogens is 2. The zero-order chi connectivity index (χ0) is 12.2. The summed E-state index contributed by atoms with van der Waals surface area (Å²) in [6.45, 7) is 0. The van der Waals surface area contributed by atoms with Gasteiger partial charge in [0.15, 0.2) is 0 Å². The normalized spacial score (nSPS) is 16.7. The summed E-state index contributed by atoms with van der Waals surface area (Å²) in [6.07, 6.45) is 4.32. The van der Waals surface area contributed by atoms with Crippen LogP contribution in [0.5, 0.6) is 0 Å². The molecule has 94 valence electrons. The SMILES string of the molecule is c1cc(-c2ccc(NC3CCSCC3)cc2)[nH]n1. The minimum absolute atomic E-state index is 0.643. The average molecular weight is 259 g/mol. The predicted octanol–water partition coefficient (Wildman–Crippen LogP) is 3.38. The Kier molecular flexibility index (Phi) is 3.55. The van der Waals surface area contributed by atoms with Crippen molar-refractivity contribution in [1.82, 2.24) is 10.2 Å². The van der Waals surface area contributed by atoms with Crippen LogP contribution in [0.25, 0.3) is 11.3 Å². The Balaban J connectivity index is 1.67. The first-order valence-electron chi connectivity index (χ1n) is 6.36. The molecule has 0 amide bonds. The van der Waals surface area contributed by atoms with Crippen LogP contribution in [0.15, 0.2) is 36.5 Å². The molecule has 1 aliphatic rings. The molecule has 2 heterocycles. The van der Waals surface area contributed by atoms with Gasteiger partial charge in [-0.15, -0.1) is 0 Å². The molecule has 0 spiro atoms. The van der Waals surface area contributed by atoms with Crippen LogP contribution in [-0.4, -0.2) is 27.7 Å². The highest BCUT2D eigenvalue weighted by Gasteiger charge is 2.12. The first-order chi connectivity index (χ1) is 8.92. The maximum Gasteiger partial charge on any atom is 0.0650 e. The van der Waals surface area contributed by atoms with Gasteiger partial charge >= 0.3 is 0 Å². The summed E-state index contributed by atoms with van der Waals surface area (Å²) in [5.41, 5.74) is 3.46. The molecule has 3 rings (SSSR count). The lowest BCUT2D eigenvalue weighted by Gasteiger charge is -2.23. The monoisotopic (exact) mass is 259 g/mol. The molecule has 1 saturated heterocycles. The van der Waals surface area contributed by atoms with Gasteiger partial charge in [-0.25, -0.2) is 0 Å². The van der Waals surface area contributed by atoms with Crippen LogP contribution >= 0.6 is 11.8 Å². The molecule has 0 radical (unpaired) electrons. The lowest BCUT2D eigenvalue weighted by molar-refractivity contribution is 0.667. The number of aromatic amines is 1. The van der Waals surface area contributed by atoms with E-state index in [1.54, 1.807) is 6.20 Å². The molecule has 1 fully saturated rings. The third kappa shape index (κ3) is 2.70. The maximum absolute atomic E-state index is 3.97. The van der Waals surface area contributed by atoms with E-state index in [4.69, 9.17) is 0 Å². The molecule has 2 N–H and O–H groups in total. The van der Waals surface area contributed by atoms with Crippen molar-refractivity contribution in [3.05, 3.63) is 36.5 Å². The number of benzene rings is 1. The van der Waals surface area contributed by atoms with Crippen molar-refractivity contribution in [2.75, 3.05) is 16.8 Å². The highest BCUT2D eigenvalue weighted by atomic mass is 32.2. The van der Waals surface area contributed by atoms with Gasteiger partial charge in [-0.3, -0.25) is 5.10 Å². The molecule has 4 heteroatoms. The van der Waals surface area contributed by atoms with Crippen molar-refractivity contribution in [3.8, 4) is 11.3 Å². The molecular weight excluding hydrogens is 242 g/mol. The van der Waals surface area contributed by atoms with Gasteiger partial charge in [-0.1, -0.05) is 12.1 Å². The van der Waals surface area contributed by atoms with E-state index in [9.17, 15) is 0 Å². The fourth-order valence-corrected chi connectivity index (χ4v) is 3.35. The van der Waals surface area contributed by atoms with Gasteiger partial charge in [0, 0.05) is 17.9 Å². The number of thioether (sulfide) groups is 1. The number of H-pyrrole nitrogens is 1. The van der Waals surface area contributed by atoms with Gasteiger partial charge < -0.3 is 5.32 Å². The van der Waals surface area contributed by atoms with Crippen LogP contribution in [0.3, 0.4) is 0 Å². The molecule has 1 aromatic heterocycles. The number of hydrogen-bond acceptors (Lipinski definition) is 3. The van der Waals surface area contributed by atoms with Gasteiger partial charge in [0.2, 0.25) is 0 Å². The Morgan fingerprint density at radius 2 is 1.89 bits per heavy atom. The fourth-order valence-electron chi connectivity index (χ4n) is 2.24. The Morgan fingerprint density at radius 1 is 1.11 bits per heavy atom. The van der Waals surface area contributed by atoms with Crippen molar-refractivity contribution < 1.29 is 0 Å². The summed E-state index contributed by atoms with van der Waals surface area (Å²) >= 11 is 2.06. The van der Waals surface area contributed by atoms with Crippen LogP contribution in [0.4, 0.5) is 5.69 Å². The number of rotatable bonds is 3. The van der Waals surface area contributed by atoms with Crippen molar-refractivity contribution in [2.24, 2.45) is 0 Å². The zero-order valence-electron chi connectivity index (χ0n) is 10.2. The molecule has 0 bridgehead atoms. The number of anilines is 1. The largest absolute Gasteiger partial charge is 0.382 e. The minimum atomic E-state index is 0.643. The lowest BCUT2D eigenvalue weighted by atomic mass is 10.1. The van der Waals surface area contributed by atoms with Crippen LogP contribution in [0.2, 0.25) is 0 Å². The molecule has 0 atom stereocenters. The van der Waals surface area contributed by atoms with Crippen LogP contribution in [-0.2, 0) is 0 Å². The van der Waals surface area contributed by atoms with Gasteiger partial charge in [0.05, 0.1) is 5.69 Å². The number of hydrogen-bond donors (Lipinski definition) is 2. The zero-order valence-corrected chi connectivity index (χ0v) is 11.0. The lowest BCUT2D eigenvalue weighted by Crippen LogP contribution is -2.24. The van der Waals surface area contributed by atoms with Crippen LogP contribution in [0, 0.1) is 0 Å². The quantitative estimate of drug-likeness (QED) is 0.887. The van der Waals surface area contributed by atoms with E-state index in [0.29, 0.717) is 6.04 Å². The molecule has 3 nitrogen and oxygen atoms in total. The van der Waals surface area contributed by atoms with Gasteiger partial charge in [-0.2, -0.15) is 16.9 Å². The standard InChI is InChI=1S/C14H17N3S/c1-3-12(16-13-6-9-18-10-7-13)4-2-11(1)14-5-8-15-17-14/h1-5,8,13,16H,6-7,9-10H2,(H,15,17). The average Bonchev–Trinajstić information content (AvgIpc) is 2.95. The van der Waals surface area contributed by atoms with Crippen LogP contribution < -0.4 is 5.32 Å². The van der Waals surface area contributed by atoms with E-state index < -0.39 is 0 Å². The molecule has 1 aliphatic heterocycles. The molecule has 0 unspecified atom stereocenters. The van der Waals surface area contributed by atoms with Gasteiger partial charge in [0.1, 0.15) is 0 Å². The number of nitrogens with one attached hydrogen (secondary N) is 2. The summed E-state index contributed by atoms with van der Waals surface area (Å²) in [5, 5.41) is 10.6. The Hall–Kier alpha value is -1.42. The van der Waals surface area contributed by atoms with E-state index in [1.807, 2.05) is 6.07 Å². The van der Waals surface area contributed by atoms with Crippen molar-refractivity contribution in [1.29, 1.82) is 0 Å². The summed E-state index contributed by atoms with van der Waals surface area (Å²) in [4.78, 5) is 0. The molecule has 0 aliphatic carbocycles. The molecular formula is C14H17N3S. The minimum Gasteiger partial charge on any atom is -0.382 e. The first-order valence-corrected chi connectivity index (χ1v) is 7.51. The van der Waals surface area contributed by atoms with Crippen molar-refractivity contribution in [2.45, 2.75) is 18.9 Å². The fraction of sp³-hybridized carbons (Fsp3) is 0.357. The maximum atomic E-state index is 3.97. The smallest absolute Gasteiger partial charge is 0.0650 e. The summed E-state index contributed by atoms with van der Waals surface area (Å²) in [6, 6.07) is 11.2. The Bertz CT molecular complexity index is 472. The van der Waals surface area contributed by atoms with Crippen LogP contribution in [0.1, 0.15) is 12.8 Å². The molecule has 1 aromatic carbocycles. The highest BCUT2D eigenvalue weighted by molar-refractivity contribution is 7.99. The van der Waals surface area contributed by atoms with E-state index in [0.717, 1.165) is 5.69 Å². The number of nitrogens with zero attached hydrogens (tertiary/aromatic N) is 1. The molecule has 2 aromatic rings. The second kappa shape index (κ2) is 5.48. The van der Waals surface area contributed by atoms with Gasteiger partial charge in [-0.05, 0) is 48.1 Å². The topological polar surface area (TPSA) is 40.7 Å². The third-order valence-electron chi connectivity index (χ3n) is 3.29. The third-order valence-corrected chi connectivity index (χ3v) is 4.34. The molecule has 0 saturated carbocycles. The predicted molar refractivity (Wildman–Crippen MR) is 78.0 cm³/mol. The second-order valence-electron chi connectivity index (χ2n) is 4.58. The Labute approximate surface area is 111 Å². The van der Waals surface area contributed by atoms with E-state index in [2.05, 4.69) is 51.5 Å². The highest BCUT2D eigenvalue weighted by Crippen LogP contribution is 2.23. The van der Waals surface area contributed by atoms with E-state index in [1.165, 1.54) is 35.6 Å². The molecule has 18 heavy (non-hydrogen) atoms.